The molecule has 0 fully saturated rings. The van der Waals surface area contributed by atoms with Crippen molar-refractivity contribution in [3.05, 3.63) is 12.3 Å². The van der Waals surface area contributed by atoms with E-state index in [0.717, 1.165) is 18.9 Å². The molecule has 1 rings (SSSR count). The molecule has 3 nitrogen and oxygen atoms in total. The van der Waals surface area contributed by atoms with Crippen LogP contribution in [0.15, 0.2) is 12.3 Å². The van der Waals surface area contributed by atoms with Crippen LogP contribution in [0.3, 0.4) is 0 Å². The fraction of sp³-hybridized carbons (Fsp3) is 0.625. The third-order valence-corrected chi connectivity index (χ3v) is 1.70. The predicted octanol–water partition coefficient (Wildman–Crippen LogP) is 1.83. The second kappa shape index (κ2) is 4.01. The Balaban J connectivity index is 2.23. The van der Waals surface area contributed by atoms with Gasteiger partial charge in [0, 0.05) is 6.07 Å². The van der Waals surface area contributed by atoms with Crippen molar-refractivity contribution in [3.63, 3.8) is 0 Å². The van der Waals surface area contributed by atoms with Crippen molar-refractivity contribution in [2.75, 3.05) is 6.61 Å². The van der Waals surface area contributed by atoms with Gasteiger partial charge in [-0.15, -0.1) is 0 Å². The Hall–Kier alpha value is -0.990. The van der Waals surface area contributed by atoms with Gasteiger partial charge < -0.3 is 4.74 Å². The molecule has 0 aliphatic heterocycles. The normalized spacial score (nSPS) is 12.9. The third kappa shape index (κ3) is 2.62. The smallest absolute Gasteiger partial charge is 0.209 e. The Morgan fingerprint density at radius 1 is 1.73 bits per heavy atom. The zero-order chi connectivity index (χ0) is 8.10. The standard InChI is InChI=1S/C8H14N2O/c1-3-7(2)6-11-8-4-5-9-10-8/h4-5,7H,3,6H2,1-2H3,(H,9,10). The third-order valence-electron chi connectivity index (χ3n) is 1.70. The van der Waals surface area contributed by atoms with Gasteiger partial charge >= 0.3 is 0 Å². The van der Waals surface area contributed by atoms with E-state index in [1.54, 1.807) is 6.20 Å². The minimum Gasteiger partial charge on any atom is -0.478 e. The highest BCUT2D eigenvalue weighted by atomic mass is 16.5. The highest BCUT2D eigenvalue weighted by Crippen LogP contribution is 2.06. The molecule has 1 heterocycles. The van der Waals surface area contributed by atoms with Gasteiger partial charge in [0.1, 0.15) is 0 Å². The van der Waals surface area contributed by atoms with E-state index in [4.69, 9.17) is 4.74 Å². The number of aromatic nitrogens is 2. The molecule has 0 saturated heterocycles. The van der Waals surface area contributed by atoms with Gasteiger partial charge in [-0.3, -0.25) is 0 Å². The van der Waals surface area contributed by atoms with Crippen LogP contribution < -0.4 is 4.74 Å². The van der Waals surface area contributed by atoms with Gasteiger partial charge in [-0.05, 0) is 5.92 Å². The number of nitrogens with zero attached hydrogens (tertiary/aromatic N) is 1. The van der Waals surface area contributed by atoms with Gasteiger partial charge in [-0.1, -0.05) is 20.3 Å². The van der Waals surface area contributed by atoms with Crippen molar-refractivity contribution in [1.82, 2.24) is 10.2 Å². The summed E-state index contributed by atoms with van der Waals surface area (Å²) < 4.78 is 5.38. The number of ether oxygens (including phenoxy) is 1. The highest BCUT2D eigenvalue weighted by Gasteiger charge is 1.99. The van der Waals surface area contributed by atoms with E-state index in [0.29, 0.717) is 5.92 Å². The molecule has 1 atom stereocenters. The first-order valence-corrected chi connectivity index (χ1v) is 3.95. The van der Waals surface area contributed by atoms with Gasteiger partial charge in [-0.2, -0.15) is 5.10 Å². The molecular weight excluding hydrogens is 140 g/mol. The van der Waals surface area contributed by atoms with E-state index in [1.165, 1.54) is 0 Å². The zero-order valence-electron chi connectivity index (χ0n) is 7.00. The summed E-state index contributed by atoms with van der Waals surface area (Å²) in [7, 11) is 0. The zero-order valence-corrected chi connectivity index (χ0v) is 7.00. The van der Waals surface area contributed by atoms with Crippen LogP contribution in [0.2, 0.25) is 0 Å². The Bertz CT molecular complexity index is 184. The molecule has 11 heavy (non-hydrogen) atoms. The molecule has 1 N–H and O–H groups in total. The molecule has 3 heteroatoms. The average molecular weight is 154 g/mol. The fourth-order valence-corrected chi connectivity index (χ4v) is 0.673. The maximum absolute atomic E-state index is 5.38. The highest BCUT2D eigenvalue weighted by molar-refractivity contribution is 5.03. The van der Waals surface area contributed by atoms with Crippen LogP contribution in [0.5, 0.6) is 5.88 Å². The van der Waals surface area contributed by atoms with Gasteiger partial charge in [0.25, 0.3) is 0 Å². The largest absolute Gasteiger partial charge is 0.478 e. The molecule has 1 unspecified atom stereocenters. The second-order valence-electron chi connectivity index (χ2n) is 2.75. The molecule has 0 saturated carbocycles. The fourth-order valence-electron chi connectivity index (χ4n) is 0.673. The first-order chi connectivity index (χ1) is 5.33. The number of hydrogen-bond acceptors (Lipinski definition) is 2. The molecule has 0 aliphatic rings. The number of nitrogens with one attached hydrogen (secondary N) is 1. The maximum atomic E-state index is 5.38. The van der Waals surface area contributed by atoms with E-state index in [9.17, 15) is 0 Å². The molecule has 0 radical (unpaired) electrons. The SMILES string of the molecule is CCC(C)COc1ccn[nH]1. The van der Waals surface area contributed by atoms with Crippen molar-refractivity contribution in [3.8, 4) is 5.88 Å². The predicted molar refractivity (Wildman–Crippen MR) is 43.5 cm³/mol. The van der Waals surface area contributed by atoms with E-state index in [2.05, 4.69) is 24.0 Å². The van der Waals surface area contributed by atoms with Gasteiger partial charge in [0.15, 0.2) is 0 Å². The monoisotopic (exact) mass is 154 g/mol. The lowest BCUT2D eigenvalue weighted by Gasteiger charge is -2.07. The van der Waals surface area contributed by atoms with Crippen LogP contribution in [-0.4, -0.2) is 16.8 Å². The molecule has 62 valence electrons. The molecule has 1 aromatic rings. The lowest BCUT2D eigenvalue weighted by molar-refractivity contribution is 0.247. The summed E-state index contributed by atoms with van der Waals surface area (Å²) in [5.41, 5.74) is 0. The van der Waals surface area contributed by atoms with E-state index in [1.807, 2.05) is 6.07 Å². The maximum Gasteiger partial charge on any atom is 0.209 e. The molecular formula is C8H14N2O. The summed E-state index contributed by atoms with van der Waals surface area (Å²) in [5, 5.41) is 6.52. The Kier molecular flexibility index (Phi) is 2.95. The summed E-state index contributed by atoms with van der Waals surface area (Å²) in [6.45, 7) is 5.08. The summed E-state index contributed by atoms with van der Waals surface area (Å²) in [6, 6.07) is 1.82. The summed E-state index contributed by atoms with van der Waals surface area (Å²) in [6.07, 6.45) is 2.83. The number of hydrogen-bond donors (Lipinski definition) is 1. The first-order valence-electron chi connectivity index (χ1n) is 3.95. The average Bonchev–Trinajstić information content (AvgIpc) is 2.52. The molecule has 0 aromatic carbocycles. The van der Waals surface area contributed by atoms with Gasteiger partial charge in [0.2, 0.25) is 5.88 Å². The first kappa shape index (κ1) is 8.11. The molecule has 0 spiro atoms. The molecule has 0 amide bonds. The van der Waals surface area contributed by atoms with Crippen molar-refractivity contribution in [2.24, 2.45) is 5.92 Å². The van der Waals surface area contributed by atoms with Crippen molar-refractivity contribution < 1.29 is 4.74 Å². The minimum absolute atomic E-state index is 0.610. The number of H-pyrrole nitrogens is 1. The van der Waals surface area contributed by atoms with Gasteiger partial charge in [0.05, 0.1) is 12.8 Å². The van der Waals surface area contributed by atoms with E-state index in [-0.39, 0.29) is 0 Å². The topological polar surface area (TPSA) is 37.9 Å². The van der Waals surface area contributed by atoms with E-state index < -0.39 is 0 Å². The van der Waals surface area contributed by atoms with Gasteiger partial charge in [-0.25, -0.2) is 5.10 Å². The second-order valence-corrected chi connectivity index (χ2v) is 2.75. The molecule has 0 bridgehead atoms. The van der Waals surface area contributed by atoms with Crippen LogP contribution in [0.1, 0.15) is 20.3 Å². The lowest BCUT2D eigenvalue weighted by Crippen LogP contribution is -2.07. The number of aromatic amines is 1. The Morgan fingerprint density at radius 2 is 2.55 bits per heavy atom. The molecule has 0 aliphatic carbocycles. The Morgan fingerprint density at radius 3 is 3.09 bits per heavy atom. The minimum atomic E-state index is 0.610. The summed E-state index contributed by atoms with van der Waals surface area (Å²) >= 11 is 0. The molecule has 1 aromatic heterocycles. The van der Waals surface area contributed by atoms with Crippen LogP contribution in [0, 0.1) is 5.92 Å². The quantitative estimate of drug-likeness (QED) is 0.718. The van der Waals surface area contributed by atoms with Crippen LogP contribution in [0.25, 0.3) is 0 Å². The Labute approximate surface area is 66.8 Å². The van der Waals surface area contributed by atoms with Crippen molar-refractivity contribution >= 4 is 0 Å². The number of rotatable bonds is 4. The van der Waals surface area contributed by atoms with Crippen molar-refractivity contribution in [2.45, 2.75) is 20.3 Å². The van der Waals surface area contributed by atoms with Crippen LogP contribution in [-0.2, 0) is 0 Å². The van der Waals surface area contributed by atoms with Crippen LogP contribution in [0.4, 0.5) is 0 Å². The van der Waals surface area contributed by atoms with Crippen LogP contribution >= 0.6 is 0 Å². The van der Waals surface area contributed by atoms with Crippen molar-refractivity contribution in [1.29, 1.82) is 0 Å². The van der Waals surface area contributed by atoms with E-state index >= 15 is 0 Å². The lowest BCUT2D eigenvalue weighted by atomic mass is 10.1. The summed E-state index contributed by atoms with van der Waals surface area (Å²) in [5.74, 6) is 1.36. The summed E-state index contributed by atoms with van der Waals surface area (Å²) in [4.78, 5) is 0.